The number of aliphatic carboxylic acids is 1. The van der Waals surface area contributed by atoms with E-state index in [2.05, 4.69) is 10.3 Å². The number of rotatable bonds is 8. The Balaban J connectivity index is 1.58. The van der Waals surface area contributed by atoms with E-state index in [1.54, 1.807) is 11.8 Å². The smallest absolute Gasteiger partial charge is 0.310 e. The van der Waals surface area contributed by atoms with Crippen molar-refractivity contribution in [2.75, 3.05) is 19.6 Å². The molecule has 1 N–H and O–H groups in total. The summed E-state index contributed by atoms with van der Waals surface area (Å²) in [5.41, 5.74) is -1.17. The largest absolute Gasteiger partial charge is 0.484 e. The first-order valence-electron chi connectivity index (χ1n) is 14.4. The molecule has 1 aliphatic carbocycles. The number of ether oxygens (including phenoxy) is 1. The topological polar surface area (TPSA) is 118 Å². The number of benzene rings is 1. The van der Waals surface area contributed by atoms with Crippen LogP contribution in [0, 0.1) is 23.1 Å². The van der Waals surface area contributed by atoms with Crippen LogP contribution in [0.25, 0.3) is 0 Å². The van der Waals surface area contributed by atoms with Crippen LogP contribution in [0.15, 0.2) is 6.07 Å². The van der Waals surface area contributed by atoms with Gasteiger partial charge in [-0.2, -0.15) is 0 Å². The van der Waals surface area contributed by atoms with Gasteiger partial charge in [0.15, 0.2) is 11.6 Å². The summed E-state index contributed by atoms with van der Waals surface area (Å²) in [6.45, 7) is 3.61. The summed E-state index contributed by atoms with van der Waals surface area (Å²) in [5.74, 6) is -3.45. The number of aryl methyl sites for hydroxylation is 1. The molecule has 0 bridgehead atoms. The van der Waals surface area contributed by atoms with Gasteiger partial charge in [0.25, 0.3) is 6.43 Å². The van der Waals surface area contributed by atoms with Gasteiger partial charge in [-0.15, -0.1) is 5.10 Å². The molecule has 10 nitrogen and oxygen atoms in total. The third kappa shape index (κ3) is 5.67. The molecule has 0 radical (unpaired) electrons. The first-order chi connectivity index (χ1) is 20.3. The van der Waals surface area contributed by atoms with Crippen LogP contribution < -0.4 is 4.74 Å². The maximum atomic E-state index is 15.7. The van der Waals surface area contributed by atoms with Crippen molar-refractivity contribution in [3.63, 3.8) is 0 Å². The zero-order valence-corrected chi connectivity index (χ0v) is 25.0. The number of fused-ring (bicyclic) bond motifs is 1. The molecule has 1 saturated heterocycles. The van der Waals surface area contributed by atoms with Crippen LogP contribution in [0.5, 0.6) is 5.75 Å². The average Bonchev–Trinajstić information content (AvgIpc) is 3.48. The summed E-state index contributed by atoms with van der Waals surface area (Å²) in [7, 11) is 1.31. The number of halogens is 4. The van der Waals surface area contributed by atoms with Crippen molar-refractivity contribution in [1.82, 2.24) is 24.8 Å². The molecule has 3 heterocycles. The predicted octanol–water partition coefficient (Wildman–Crippen LogP) is 4.70. The fourth-order valence-corrected chi connectivity index (χ4v) is 7.16. The molecular weight excluding hydrogens is 591 g/mol. The third-order valence-electron chi connectivity index (χ3n) is 9.22. The summed E-state index contributed by atoms with van der Waals surface area (Å²) in [4.78, 5) is 42.7. The van der Waals surface area contributed by atoms with Crippen LogP contribution in [0.1, 0.15) is 80.9 Å². The van der Waals surface area contributed by atoms with Crippen LogP contribution >= 0.6 is 11.6 Å². The third-order valence-corrected chi connectivity index (χ3v) is 9.56. The summed E-state index contributed by atoms with van der Waals surface area (Å²) in [6.07, 6.45) is -0.254. The molecule has 2 amide bonds. The fourth-order valence-electron chi connectivity index (χ4n) is 6.87. The number of carbonyl (C=O) groups is 3. The molecule has 1 saturated carbocycles. The summed E-state index contributed by atoms with van der Waals surface area (Å²) >= 11 is 6.52. The fraction of sp³-hybridized carbons (Fsp3) is 0.621. The van der Waals surface area contributed by atoms with Gasteiger partial charge in [-0.3, -0.25) is 14.4 Å². The highest BCUT2D eigenvalue weighted by molar-refractivity contribution is 6.31. The van der Waals surface area contributed by atoms with E-state index in [1.165, 1.54) is 11.9 Å². The summed E-state index contributed by atoms with van der Waals surface area (Å²) in [5, 5.41) is 17.6. The second-order valence-electron chi connectivity index (χ2n) is 12.1. The van der Waals surface area contributed by atoms with Crippen molar-refractivity contribution in [2.45, 2.75) is 71.4 Å². The molecule has 2 aliphatic heterocycles. The predicted molar refractivity (Wildman–Crippen MR) is 148 cm³/mol. The monoisotopic (exact) mass is 625 g/mol. The minimum atomic E-state index is -2.90. The van der Waals surface area contributed by atoms with Gasteiger partial charge in [0.2, 0.25) is 11.8 Å². The molecule has 14 heteroatoms. The summed E-state index contributed by atoms with van der Waals surface area (Å²) < 4.78 is 49.8. The number of likely N-dealkylation sites (tertiary alicyclic amines) is 1. The maximum Gasteiger partial charge on any atom is 0.310 e. The maximum absolute atomic E-state index is 15.7. The number of aromatic nitrogens is 3. The summed E-state index contributed by atoms with van der Waals surface area (Å²) in [6, 6.07) is 0.172. The minimum absolute atomic E-state index is 0.0159. The van der Waals surface area contributed by atoms with Crippen molar-refractivity contribution in [3.05, 3.63) is 39.4 Å². The minimum Gasteiger partial charge on any atom is -0.484 e. The van der Waals surface area contributed by atoms with Gasteiger partial charge < -0.3 is 19.6 Å². The van der Waals surface area contributed by atoms with Crippen LogP contribution in [-0.4, -0.2) is 67.3 Å². The molecule has 43 heavy (non-hydrogen) atoms. The van der Waals surface area contributed by atoms with Crippen molar-refractivity contribution in [3.8, 4) is 5.75 Å². The van der Waals surface area contributed by atoms with Crippen molar-refractivity contribution in [2.24, 2.45) is 24.3 Å². The normalized spacial score (nSPS) is 25.8. The molecule has 2 aromatic rings. The number of hydrogen-bond donors (Lipinski definition) is 1. The first-order valence-corrected chi connectivity index (χ1v) is 14.8. The van der Waals surface area contributed by atoms with Gasteiger partial charge in [-0.05, 0) is 43.7 Å². The van der Waals surface area contributed by atoms with E-state index in [1.807, 2.05) is 6.92 Å². The highest BCUT2D eigenvalue weighted by Gasteiger charge is 2.50. The van der Waals surface area contributed by atoms with Gasteiger partial charge in [0.05, 0.1) is 17.4 Å². The molecule has 2 fully saturated rings. The molecule has 0 spiro atoms. The zero-order valence-electron chi connectivity index (χ0n) is 24.3. The Morgan fingerprint density at radius 3 is 2.70 bits per heavy atom. The number of hydrogen-bond acceptors (Lipinski definition) is 6. The molecule has 1 aromatic carbocycles. The Morgan fingerprint density at radius 2 is 2.05 bits per heavy atom. The Bertz CT molecular complexity index is 1440. The number of amides is 2. The van der Waals surface area contributed by atoms with E-state index < -0.39 is 47.9 Å². The van der Waals surface area contributed by atoms with E-state index >= 15 is 4.39 Å². The second-order valence-corrected chi connectivity index (χ2v) is 12.5. The van der Waals surface area contributed by atoms with E-state index in [4.69, 9.17) is 16.3 Å². The zero-order chi connectivity index (χ0) is 31.2. The lowest BCUT2D eigenvalue weighted by Crippen LogP contribution is -2.52. The van der Waals surface area contributed by atoms with E-state index in [0.29, 0.717) is 44.2 Å². The highest BCUT2D eigenvalue weighted by Crippen LogP contribution is 2.47. The quantitative estimate of drug-likeness (QED) is 0.452. The van der Waals surface area contributed by atoms with Crippen molar-refractivity contribution in [1.29, 1.82) is 0 Å². The lowest BCUT2D eigenvalue weighted by Gasteiger charge is -2.45. The standard InChI is InChI=1S/C29H35ClF3N5O5/c1-15-10-22(39)37(12-15)13-21-23-16(7-9-38(21)27(40)17-6-4-5-8-29(17,2)28(41)42)18(30)11-19(31)25(23)43-14-20-24(26(32)33)36(3)35-34-20/h11,15,17,21,26H,4-10,12-14H2,1-3H3,(H,41,42)/t15-,17+,21-,29+/m1/s1. The van der Waals surface area contributed by atoms with E-state index in [0.717, 1.165) is 10.7 Å². The SMILES string of the molecule is C[C@@H]1CC(=O)N(C[C@@H]2c3c(c(Cl)cc(F)c3OCc3nnn(C)c3C(F)F)CCN2C(=O)[C@@H]2CCCC[C@]2(C)C(=O)O)C1. The Morgan fingerprint density at radius 1 is 1.30 bits per heavy atom. The van der Waals surface area contributed by atoms with Gasteiger partial charge >= 0.3 is 5.97 Å². The van der Waals surface area contributed by atoms with Crippen LogP contribution in [-0.2, 0) is 34.5 Å². The number of alkyl halides is 2. The Hall–Kier alpha value is -3.35. The number of carbonyl (C=O) groups excluding carboxylic acids is 2. The van der Waals surface area contributed by atoms with Crippen molar-refractivity contribution >= 4 is 29.4 Å². The van der Waals surface area contributed by atoms with Crippen LogP contribution in [0.4, 0.5) is 13.2 Å². The van der Waals surface area contributed by atoms with Crippen LogP contribution in [0.2, 0.25) is 5.02 Å². The molecule has 1 aromatic heterocycles. The number of nitrogens with zero attached hydrogens (tertiary/aromatic N) is 5. The Kier molecular flexibility index (Phi) is 8.65. The van der Waals surface area contributed by atoms with Gasteiger partial charge in [-0.1, -0.05) is 36.6 Å². The average molecular weight is 626 g/mol. The lowest BCUT2D eigenvalue weighted by molar-refractivity contribution is -0.162. The number of carboxylic acid groups (broad SMARTS) is 1. The second kappa shape index (κ2) is 12.0. The Labute approximate surface area is 252 Å². The molecule has 3 aliphatic rings. The molecule has 0 unspecified atom stereocenters. The van der Waals surface area contributed by atoms with Crippen LogP contribution in [0.3, 0.4) is 0 Å². The molecular formula is C29H35ClF3N5O5. The molecule has 234 valence electrons. The lowest BCUT2D eigenvalue weighted by atomic mass is 9.66. The highest BCUT2D eigenvalue weighted by atomic mass is 35.5. The molecule has 5 rings (SSSR count). The van der Waals surface area contributed by atoms with Gasteiger partial charge in [-0.25, -0.2) is 17.9 Å². The first kappa shape index (κ1) is 31.1. The van der Waals surface area contributed by atoms with Crippen molar-refractivity contribution < 1.29 is 37.4 Å². The van der Waals surface area contributed by atoms with E-state index in [9.17, 15) is 28.3 Å². The van der Waals surface area contributed by atoms with E-state index in [-0.39, 0.29) is 59.3 Å². The number of carboxylic acids is 1. The van der Waals surface area contributed by atoms with Gasteiger partial charge in [0, 0.05) is 43.7 Å². The van der Waals surface area contributed by atoms with Gasteiger partial charge in [0.1, 0.15) is 18.0 Å². The molecule has 4 atom stereocenters.